The first kappa shape index (κ1) is 9.23. The lowest BCUT2D eigenvalue weighted by molar-refractivity contribution is -0.122. The van der Waals surface area contributed by atoms with Gasteiger partial charge in [-0.2, -0.15) is 0 Å². The molecule has 2 unspecified atom stereocenters. The Kier molecular flexibility index (Phi) is 2.84. The van der Waals surface area contributed by atoms with Crippen molar-refractivity contribution in [3.8, 4) is 0 Å². The molecule has 3 heteroatoms. The number of rotatable bonds is 2. The lowest BCUT2D eigenvalue weighted by Gasteiger charge is -2.11. The molecule has 1 saturated carbocycles. The van der Waals surface area contributed by atoms with Crippen LogP contribution >= 0.6 is 0 Å². The van der Waals surface area contributed by atoms with Gasteiger partial charge < -0.3 is 5.32 Å². The number of hydrogen-bond donors (Lipinski definition) is 1. The Hall–Kier alpha value is -0.860. The number of carbonyl (C=O) groups is 2. The molecule has 0 aromatic carbocycles. The molecule has 0 heterocycles. The van der Waals surface area contributed by atoms with Gasteiger partial charge in [0.1, 0.15) is 5.78 Å². The number of amides is 1. The summed E-state index contributed by atoms with van der Waals surface area (Å²) in [5, 5.41) is 2.58. The Balaban J connectivity index is 2.44. The number of nitrogens with one attached hydrogen (secondary N) is 1. The van der Waals surface area contributed by atoms with Gasteiger partial charge in [-0.1, -0.05) is 6.92 Å². The predicted octanol–water partition coefficient (Wildman–Crippen LogP) is 0.738. The van der Waals surface area contributed by atoms with Gasteiger partial charge >= 0.3 is 0 Å². The van der Waals surface area contributed by atoms with Crippen LogP contribution in [0.15, 0.2) is 0 Å². The van der Waals surface area contributed by atoms with Crippen LogP contribution in [0.3, 0.4) is 0 Å². The SMILES string of the molecule is CNC(=O)CC1CCC(=O)C1C. The molecule has 0 radical (unpaired) electrons. The molecule has 1 amide bonds. The highest BCUT2D eigenvalue weighted by Crippen LogP contribution is 2.30. The Morgan fingerprint density at radius 1 is 1.67 bits per heavy atom. The maximum atomic E-state index is 11.1. The number of Topliss-reactive ketones (excluding diaryl/α,β-unsaturated/α-hetero) is 1. The van der Waals surface area contributed by atoms with E-state index in [0.717, 1.165) is 6.42 Å². The standard InChI is InChI=1S/C9H15NO2/c1-6-7(3-4-8(6)11)5-9(12)10-2/h6-7H,3-5H2,1-2H3,(H,10,12). The Bertz CT molecular complexity index is 201. The molecule has 0 aromatic heterocycles. The first-order chi connectivity index (χ1) is 5.65. The van der Waals surface area contributed by atoms with Crippen molar-refractivity contribution in [2.75, 3.05) is 7.05 Å². The molecule has 68 valence electrons. The zero-order chi connectivity index (χ0) is 9.14. The quantitative estimate of drug-likeness (QED) is 0.662. The van der Waals surface area contributed by atoms with E-state index in [9.17, 15) is 9.59 Å². The van der Waals surface area contributed by atoms with E-state index >= 15 is 0 Å². The van der Waals surface area contributed by atoms with Gasteiger partial charge in [-0.15, -0.1) is 0 Å². The molecule has 0 aromatic rings. The van der Waals surface area contributed by atoms with Crippen LogP contribution in [0.25, 0.3) is 0 Å². The van der Waals surface area contributed by atoms with Gasteiger partial charge in [0, 0.05) is 25.8 Å². The molecule has 0 bridgehead atoms. The monoisotopic (exact) mass is 169 g/mol. The Morgan fingerprint density at radius 3 is 2.75 bits per heavy atom. The third-order valence-electron chi connectivity index (χ3n) is 2.70. The molecule has 1 N–H and O–H groups in total. The van der Waals surface area contributed by atoms with E-state index in [1.54, 1.807) is 7.05 Å². The van der Waals surface area contributed by atoms with Crippen molar-refractivity contribution in [2.24, 2.45) is 11.8 Å². The molecule has 12 heavy (non-hydrogen) atoms. The van der Waals surface area contributed by atoms with Gasteiger partial charge in [-0.05, 0) is 12.3 Å². The van der Waals surface area contributed by atoms with E-state index in [1.807, 2.05) is 6.92 Å². The van der Waals surface area contributed by atoms with Gasteiger partial charge in [0.25, 0.3) is 0 Å². The summed E-state index contributed by atoms with van der Waals surface area (Å²) in [5.74, 6) is 0.713. The lowest BCUT2D eigenvalue weighted by Crippen LogP contribution is -2.23. The average Bonchev–Trinajstić information content (AvgIpc) is 2.36. The van der Waals surface area contributed by atoms with E-state index in [0.29, 0.717) is 18.6 Å². The minimum absolute atomic E-state index is 0.0431. The first-order valence-electron chi connectivity index (χ1n) is 4.38. The summed E-state index contributed by atoms with van der Waals surface area (Å²) in [7, 11) is 1.63. The molecule has 1 rings (SSSR count). The van der Waals surface area contributed by atoms with Crippen LogP contribution in [0.1, 0.15) is 26.2 Å². The van der Waals surface area contributed by atoms with Gasteiger partial charge in [0.2, 0.25) is 5.91 Å². The highest BCUT2D eigenvalue weighted by atomic mass is 16.1. The van der Waals surface area contributed by atoms with E-state index < -0.39 is 0 Å². The molecular weight excluding hydrogens is 154 g/mol. The molecule has 1 aliphatic carbocycles. The molecule has 0 saturated heterocycles. The second-order valence-electron chi connectivity index (χ2n) is 3.43. The van der Waals surface area contributed by atoms with Crippen LogP contribution in [-0.4, -0.2) is 18.7 Å². The minimum atomic E-state index is 0.0431. The molecule has 3 nitrogen and oxygen atoms in total. The minimum Gasteiger partial charge on any atom is -0.359 e. The average molecular weight is 169 g/mol. The van der Waals surface area contributed by atoms with E-state index in [4.69, 9.17) is 0 Å². The van der Waals surface area contributed by atoms with Crippen LogP contribution in [0, 0.1) is 11.8 Å². The van der Waals surface area contributed by atoms with Crippen LogP contribution in [0.5, 0.6) is 0 Å². The van der Waals surface area contributed by atoms with Crippen molar-refractivity contribution in [3.63, 3.8) is 0 Å². The van der Waals surface area contributed by atoms with Crippen LogP contribution < -0.4 is 5.32 Å². The predicted molar refractivity (Wildman–Crippen MR) is 45.6 cm³/mol. The van der Waals surface area contributed by atoms with Gasteiger partial charge in [0.15, 0.2) is 0 Å². The largest absolute Gasteiger partial charge is 0.359 e. The van der Waals surface area contributed by atoms with Crippen molar-refractivity contribution in [1.82, 2.24) is 5.32 Å². The van der Waals surface area contributed by atoms with E-state index in [1.165, 1.54) is 0 Å². The van der Waals surface area contributed by atoms with Gasteiger partial charge in [0.05, 0.1) is 0 Å². The van der Waals surface area contributed by atoms with Crippen molar-refractivity contribution in [1.29, 1.82) is 0 Å². The fourth-order valence-electron chi connectivity index (χ4n) is 1.69. The molecule has 1 aliphatic rings. The maximum absolute atomic E-state index is 11.1. The third-order valence-corrected chi connectivity index (χ3v) is 2.70. The highest BCUT2D eigenvalue weighted by Gasteiger charge is 2.31. The highest BCUT2D eigenvalue weighted by molar-refractivity contribution is 5.84. The maximum Gasteiger partial charge on any atom is 0.220 e. The zero-order valence-electron chi connectivity index (χ0n) is 7.59. The topological polar surface area (TPSA) is 46.2 Å². The summed E-state index contributed by atoms with van der Waals surface area (Å²) >= 11 is 0. The number of hydrogen-bond acceptors (Lipinski definition) is 2. The summed E-state index contributed by atoms with van der Waals surface area (Å²) in [5.41, 5.74) is 0. The zero-order valence-corrected chi connectivity index (χ0v) is 7.59. The summed E-state index contributed by atoms with van der Waals surface area (Å²) < 4.78 is 0. The molecule has 2 atom stereocenters. The Morgan fingerprint density at radius 2 is 2.33 bits per heavy atom. The van der Waals surface area contributed by atoms with Crippen LogP contribution in [0.2, 0.25) is 0 Å². The molecule has 0 spiro atoms. The van der Waals surface area contributed by atoms with Crippen molar-refractivity contribution in [3.05, 3.63) is 0 Å². The second kappa shape index (κ2) is 3.70. The molecule has 1 fully saturated rings. The second-order valence-corrected chi connectivity index (χ2v) is 3.43. The van der Waals surface area contributed by atoms with Gasteiger partial charge in [-0.3, -0.25) is 9.59 Å². The van der Waals surface area contributed by atoms with Crippen LogP contribution in [0.4, 0.5) is 0 Å². The van der Waals surface area contributed by atoms with E-state index in [-0.39, 0.29) is 17.7 Å². The fraction of sp³-hybridized carbons (Fsp3) is 0.778. The first-order valence-corrected chi connectivity index (χ1v) is 4.38. The molecular formula is C9H15NO2. The molecule has 0 aliphatic heterocycles. The van der Waals surface area contributed by atoms with Gasteiger partial charge in [-0.25, -0.2) is 0 Å². The summed E-state index contributed by atoms with van der Waals surface area (Å²) in [6.45, 7) is 1.92. The summed E-state index contributed by atoms with van der Waals surface area (Å²) in [6.07, 6.45) is 2.04. The smallest absolute Gasteiger partial charge is 0.220 e. The number of carbonyl (C=O) groups excluding carboxylic acids is 2. The Labute approximate surface area is 72.5 Å². The summed E-state index contributed by atoms with van der Waals surface area (Å²) in [6, 6.07) is 0. The van der Waals surface area contributed by atoms with Crippen LogP contribution in [-0.2, 0) is 9.59 Å². The third kappa shape index (κ3) is 1.84. The van der Waals surface area contributed by atoms with Crippen molar-refractivity contribution in [2.45, 2.75) is 26.2 Å². The van der Waals surface area contributed by atoms with Crippen molar-refractivity contribution >= 4 is 11.7 Å². The van der Waals surface area contributed by atoms with Crippen molar-refractivity contribution < 1.29 is 9.59 Å². The van der Waals surface area contributed by atoms with E-state index in [2.05, 4.69) is 5.32 Å². The summed E-state index contributed by atoms with van der Waals surface area (Å²) in [4.78, 5) is 22.1. The normalized spacial score (nSPS) is 29.0. The number of ketones is 1. The lowest BCUT2D eigenvalue weighted by atomic mass is 9.94. The fourth-order valence-corrected chi connectivity index (χ4v) is 1.69.